The minimum Gasteiger partial charge on any atom is -0.481 e. The molecule has 0 aromatic heterocycles. The van der Waals surface area contributed by atoms with Crippen LogP contribution in [0.3, 0.4) is 0 Å². The van der Waals surface area contributed by atoms with Gasteiger partial charge in [0, 0.05) is 18.4 Å². The van der Waals surface area contributed by atoms with Crippen molar-refractivity contribution < 1.29 is 14.7 Å². The van der Waals surface area contributed by atoms with Gasteiger partial charge in [0.05, 0.1) is 11.5 Å². The van der Waals surface area contributed by atoms with Crippen molar-refractivity contribution in [3.63, 3.8) is 0 Å². The highest BCUT2D eigenvalue weighted by molar-refractivity contribution is 5.87. The van der Waals surface area contributed by atoms with Crippen LogP contribution in [-0.2, 0) is 16.0 Å². The monoisotopic (exact) mass is 335 g/mol. The first-order chi connectivity index (χ1) is 12.0. The van der Waals surface area contributed by atoms with E-state index in [0.29, 0.717) is 13.0 Å². The number of ketones is 1. The van der Waals surface area contributed by atoms with Crippen molar-refractivity contribution in [3.8, 4) is 0 Å². The van der Waals surface area contributed by atoms with E-state index >= 15 is 0 Å². The van der Waals surface area contributed by atoms with E-state index in [1.54, 1.807) is 6.92 Å². The van der Waals surface area contributed by atoms with Crippen LogP contribution in [-0.4, -0.2) is 29.4 Å². The molecule has 1 fully saturated rings. The molecule has 2 aromatic carbocycles. The fourth-order valence-electron chi connectivity index (χ4n) is 4.82. The molecule has 1 saturated heterocycles. The van der Waals surface area contributed by atoms with E-state index in [-0.39, 0.29) is 17.6 Å². The third-order valence-corrected chi connectivity index (χ3v) is 5.91. The van der Waals surface area contributed by atoms with Gasteiger partial charge in [0.25, 0.3) is 0 Å². The number of hydrogen-bond acceptors (Lipinski definition) is 3. The van der Waals surface area contributed by atoms with Gasteiger partial charge in [-0.05, 0) is 30.0 Å². The highest BCUT2D eigenvalue weighted by Crippen LogP contribution is 2.54. The van der Waals surface area contributed by atoms with Gasteiger partial charge in [-0.3, -0.25) is 9.59 Å². The number of nitrogens with one attached hydrogen (secondary N) is 1. The summed E-state index contributed by atoms with van der Waals surface area (Å²) in [7, 11) is 0. The van der Waals surface area contributed by atoms with Crippen LogP contribution < -0.4 is 5.32 Å². The van der Waals surface area contributed by atoms with E-state index in [9.17, 15) is 14.7 Å². The zero-order valence-corrected chi connectivity index (χ0v) is 14.1. The normalized spacial score (nSPS) is 30.4. The number of carboxylic acid groups (broad SMARTS) is 1. The average Bonchev–Trinajstić information content (AvgIpc) is 3.01. The molecule has 1 aliphatic heterocycles. The van der Waals surface area contributed by atoms with Crippen LogP contribution in [0.15, 0.2) is 54.6 Å². The quantitative estimate of drug-likeness (QED) is 0.905. The van der Waals surface area contributed by atoms with Gasteiger partial charge in [0.15, 0.2) is 0 Å². The van der Waals surface area contributed by atoms with E-state index in [0.717, 1.165) is 16.7 Å². The third-order valence-electron chi connectivity index (χ3n) is 5.91. The molecule has 0 amide bonds. The molecule has 2 aromatic rings. The Labute approximate surface area is 146 Å². The van der Waals surface area contributed by atoms with E-state index < -0.39 is 17.4 Å². The Kier molecular flexibility index (Phi) is 3.73. The highest BCUT2D eigenvalue weighted by Gasteiger charge is 2.60. The summed E-state index contributed by atoms with van der Waals surface area (Å²) in [5, 5.41) is 13.4. The number of benzene rings is 2. The van der Waals surface area contributed by atoms with Gasteiger partial charge in [-0.1, -0.05) is 54.6 Å². The number of carboxylic acids is 1. The molecule has 0 spiro atoms. The zero-order valence-electron chi connectivity index (χ0n) is 14.1. The van der Waals surface area contributed by atoms with Gasteiger partial charge < -0.3 is 10.4 Å². The molecule has 4 heteroatoms. The predicted molar refractivity (Wildman–Crippen MR) is 94.5 cm³/mol. The summed E-state index contributed by atoms with van der Waals surface area (Å²) in [5.74, 6) is -1.21. The molecule has 4 rings (SSSR count). The summed E-state index contributed by atoms with van der Waals surface area (Å²) in [4.78, 5) is 24.7. The maximum absolute atomic E-state index is 12.4. The Balaban J connectivity index is 1.97. The molecule has 1 heterocycles. The molecule has 4 atom stereocenters. The van der Waals surface area contributed by atoms with E-state index in [1.165, 1.54) is 0 Å². The van der Waals surface area contributed by atoms with Gasteiger partial charge in [0.1, 0.15) is 5.78 Å². The third kappa shape index (κ3) is 2.32. The van der Waals surface area contributed by atoms with Gasteiger partial charge >= 0.3 is 5.97 Å². The highest BCUT2D eigenvalue weighted by atomic mass is 16.4. The Morgan fingerprint density at radius 2 is 1.76 bits per heavy atom. The fourth-order valence-corrected chi connectivity index (χ4v) is 4.82. The number of fused-ring (bicyclic) bond motifs is 2. The SMILES string of the molecule is CC(=O)C1NCC2(C(=O)O)Cc3ccccc3C(c3ccccc3)C12. The molecule has 2 aliphatic rings. The van der Waals surface area contributed by atoms with Gasteiger partial charge in [-0.15, -0.1) is 0 Å². The first kappa shape index (κ1) is 16.0. The Bertz CT molecular complexity index is 832. The second-order valence-electron chi connectivity index (χ2n) is 7.22. The second-order valence-corrected chi connectivity index (χ2v) is 7.22. The van der Waals surface area contributed by atoms with Crippen molar-refractivity contribution >= 4 is 11.8 Å². The molecule has 128 valence electrons. The molecule has 25 heavy (non-hydrogen) atoms. The van der Waals surface area contributed by atoms with E-state index in [1.807, 2.05) is 48.5 Å². The smallest absolute Gasteiger partial charge is 0.311 e. The van der Waals surface area contributed by atoms with Gasteiger partial charge in [-0.25, -0.2) is 0 Å². The first-order valence-corrected chi connectivity index (χ1v) is 8.64. The van der Waals surface area contributed by atoms with Crippen molar-refractivity contribution in [1.82, 2.24) is 5.32 Å². The Morgan fingerprint density at radius 1 is 1.08 bits per heavy atom. The molecular weight excluding hydrogens is 314 g/mol. The van der Waals surface area contributed by atoms with Crippen molar-refractivity contribution in [3.05, 3.63) is 71.3 Å². The van der Waals surface area contributed by atoms with Gasteiger partial charge in [0.2, 0.25) is 0 Å². The van der Waals surface area contributed by atoms with E-state index in [2.05, 4.69) is 11.4 Å². The number of Topliss-reactive ketones (excluding diaryl/α,β-unsaturated/α-hetero) is 1. The Hall–Kier alpha value is -2.46. The van der Waals surface area contributed by atoms with Crippen LogP contribution >= 0.6 is 0 Å². The second kappa shape index (κ2) is 5.81. The van der Waals surface area contributed by atoms with Crippen molar-refractivity contribution in [2.24, 2.45) is 11.3 Å². The summed E-state index contributed by atoms with van der Waals surface area (Å²) in [5.41, 5.74) is 2.33. The maximum atomic E-state index is 12.4. The summed E-state index contributed by atoms with van der Waals surface area (Å²) >= 11 is 0. The van der Waals surface area contributed by atoms with Crippen LogP contribution in [0.5, 0.6) is 0 Å². The predicted octanol–water partition coefficient (Wildman–Crippen LogP) is 2.62. The molecule has 0 saturated carbocycles. The number of rotatable bonds is 3. The largest absolute Gasteiger partial charge is 0.481 e. The lowest BCUT2D eigenvalue weighted by molar-refractivity contribution is -0.151. The minimum absolute atomic E-state index is 0.00781. The number of aliphatic carboxylic acids is 1. The van der Waals surface area contributed by atoms with E-state index in [4.69, 9.17) is 0 Å². The zero-order chi connectivity index (χ0) is 17.6. The van der Waals surface area contributed by atoms with Crippen LogP contribution in [0.1, 0.15) is 29.5 Å². The molecule has 0 bridgehead atoms. The van der Waals surface area contributed by atoms with Crippen LogP contribution in [0.4, 0.5) is 0 Å². The summed E-state index contributed by atoms with van der Waals surface area (Å²) in [6.07, 6.45) is 0.462. The van der Waals surface area contributed by atoms with Gasteiger partial charge in [-0.2, -0.15) is 0 Å². The number of carbonyl (C=O) groups is 2. The fraction of sp³-hybridized carbons (Fsp3) is 0.333. The topological polar surface area (TPSA) is 66.4 Å². The van der Waals surface area contributed by atoms with Crippen molar-refractivity contribution in [1.29, 1.82) is 0 Å². The summed E-state index contributed by atoms with van der Waals surface area (Å²) in [6.45, 7) is 1.88. The lowest BCUT2D eigenvalue weighted by Gasteiger charge is -2.43. The maximum Gasteiger partial charge on any atom is 0.311 e. The van der Waals surface area contributed by atoms with Crippen molar-refractivity contribution in [2.75, 3.05) is 6.54 Å². The Morgan fingerprint density at radius 3 is 2.44 bits per heavy atom. The average molecular weight is 335 g/mol. The summed E-state index contributed by atoms with van der Waals surface area (Å²) in [6, 6.07) is 17.6. The van der Waals surface area contributed by atoms with Crippen LogP contribution in [0.25, 0.3) is 0 Å². The molecule has 1 aliphatic carbocycles. The van der Waals surface area contributed by atoms with Crippen LogP contribution in [0, 0.1) is 11.3 Å². The molecule has 2 N–H and O–H groups in total. The van der Waals surface area contributed by atoms with Crippen LogP contribution in [0.2, 0.25) is 0 Å². The number of hydrogen-bond donors (Lipinski definition) is 2. The lowest BCUT2D eigenvalue weighted by atomic mass is 9.57. The summed E-state index contributed by atoms with van der Waals surface area (Å²) < 4.78 is 0. The molecular formula is C21H21NO3. The molecule has 4 nitrogen and oxygen atoms in total. The number of carbonyl (C=O) groups excluding carboxylic acids is 1. The minimum atomic E-state index is -0.953. The standard InChI is InChI=1S/C21H21NO3/c1-13(23)19-18-17(14-7-3-2-4-8-14)16-10-6-5-9-15(16)11-21(18,12-22-19)20(24)25/h2-10,17-19,22H,11-12H2,1H3,(H,24,25). The molecule has 4 unspecified atom stereocenters. The lowest BCUT2D eigenvalue weighted by Crippen LogP contribution is -2.49. The van der Waals surface area contributed by atoms with Crippen molar-refractivity contribution in [2.45, 2.75) is 25.3 Å². The first-order valence-electron chi connectivity index (χ1n) is 8.64. The molecule has 0 radical (unpaired) electrons.